The lowest BCUT2D eigenvalue weighted by molar-refractivity contribution is -0.142. The third-order valence-electron chi connectivity index (χ3n) is 3.89. The molecule has 1 aliphatic carbocycles. The van der Waals surface area contributed by atoms with Crippen LogP contribution in [-0.4, -0.2) is 39.6 Å². The second-order valence-electron chi connectivity index (χ2n) is 5.72. The van der Waals surface area contributed by atoms with E-state index < -0.39 is 18.2 Å². The molecule has 0 aromatic carbocycles. The van der Waals surface area contributed by atoms with Crippen LogP contribution in [0.2, 0.25) is 0 Å². The number of hydrogen-bond acceptors (Lipinski definition) is 5. The summed E-state index contributed by atoms with van der Waals surface area (Å²) >= 11 is 0. The van der Waals surface area contributed by atoms with Gasteiger partial charge in [-0.3, -0.25) is 0 Å². The fraction of sp³-hybridized carbons (Fsp3) is 0.562. The van der Waals surface area contributed by atoms with Crippen LogP contribution in [0.1, 0.15) is 32.6 Å². The zero-order valence-electron chi connectivity index (χ0n) is 12.1. The first kappa shape index (κ1) is 15.8. The van der Waals surface area contributed by atoms with Crippen LogP contribution in [0.5, 0.6) is 0 Å². The molecule has 0 aromatic heterocycles. The van der Waals surface area contributed by atoms with Crippen LogP contribution >= 0.6 is 0 Å². The molecule has 1 saturated carbocycles. The smallest absolute Gasteiger partial charge is 0.331 e. The van der Waals surface area contributed by atoms with E-state index in [2.05, 4.69) is 0 Å². The predicted molar refractivity (Wildman–Crippen MR) is 77.5 cm³/mol. The Balaban J connectivity index is 2.27. The number of rotatable bonds is 0. The molecule has 0 radical (unpaired) electrons. The number of allylic oxidation sites excluding steroid dienone is 2. The standard InChI is InChI=1S/C16H22O5/c1-10-2-4-12(17)5-3-11-8-13(18)9-14(11)15(19)6-7-16(20)21-10/h3,5-7,10-13,17-19H,2,4,8-9H2,1H3/b5-3+,7-6+,15-14+/t10?,11?,12?,13-/m0/s1. The third kappa shape index (κ3) is 4.44. The van der Waals surface area contributed by atoms with E-state index in [1.165, 1.54) is 12.2 Å². The molecule has 116 valence electrons. The van der Waals surface area contributed by atoms with Gasteiger partial charge in [-0.05, 0) is 44.3 Å². The molecule has 5 nitrogen and oxygen atoms in total. The SMILES string of the molecule is CC1CCC(O)/C=C/C2C[C@H](O)C/C2=C(O)/C=C/C(=O)O1. The summed E-state index contributed by atoms with van der Waals surface area (Å²) in [7, 11) is 0. The van der Waals surface area contributed by atoms with E-state index >= 15 is 0 Å². The molecule has 0 amide bonds. The summed E-state index contributed by atoms with van der Waals surface area (Å²) in [5, 5.41) is 29.7. The van der Waals surface area contributed by atoms with Crippen molar-refractivity contribution >= 4 is 5.97 Å². The van der Waals surface area contributed by atoms with E-state index in [9.17, 15) is 20.1 Å². The molecule has 5 heteroatoms. The van der Waals surface area contributed by atoms with E-state index in [1.807, 2.05) is 6.08 Å². The summed E-state index contributed by atoms with van der Waals surface area (Å²) in [5.41, 5.74) is 0.683. The molecule has 4 atom stereocenters. The van der Waals surface area contributed by atoms with Crippen LogP contribution in [0.4, 0.5) is 0 Å². The molecule has 0 saturated heterocycles. The molecular formula is C16H22O5. The second-order valence-corrected chi connectivity index (χ2v) is 5.72. The molecule has 2 rings (SSSR count). The second kappa shape index (κ2) is 6.91. The fourth-order valence-corrected chi connectivity index (χ4v) is 2.73. The summed E-state index contributed by atoms with van der Waals surface area (Å²) in [6.45, 7) is 1.77. The van der Waals surface area contributed by atoms with Gasteiger partial charge in [-0.1, -0.05) is 12.2 Å². The van der Waals surface area contributed by atoms with E-state index in [0.717, 1.165) is 0 Å². The minimum Gasteiger partial charge on any atom is -0.508 e. The largest absolute Gasteiger partial charge is 0.508 e. The van der Waals surface area contributed by atoms with Gasteiger partial charge in [-0.2, -0.15) is 0 Å². The minimum absolute atomic E-state index is 0.0143. The number of aliphatic hydroxyl groups excluding tert-OH is 3. The lowest BCUT2D eigenvalue weighted by Gasteiger charge is -2.13. The fourth-order valence-electron chi connectivity index (χ4n) is 2.73. The van der Waals surface area contributed by atoms with Gasteiger partial charge in [0.1, 0.15) is 5.76 Å². The van der Waals surface area contributed by atoms with Gasteiger partial charge in [-0.15, -0.1) is 0 Å². The Morgan fingerprint density at radius 2 is 1.95 bits per heavy atom. The first-order valence-electron chi connectivity index (χ1n) is 7.31. The monoisotopic (exact) mass is 294 g/mol. The molecule has 3 unspecified atom stereocenters. The van der Waals surface area contributed by atoms with Gasteiger partial charge in [0.2, 0.25) is 0 Å². The Labute approximate surface area is 124 Å². The minimum atomic E-state index is -0.624. The van der Waals surface area contributed by atoms with Crippen LogP contribution in [0, 0.1) is 5.92 Å². The van der Waals surface area contributed by atoms with Crippen molar-refractivity contribution in [3.63, 3.8) is 0 Å². The Hall–Kier alpha value is -1.59. The highest BCUT2D eigenvalue weighted by Crippen LogP contribution is 2.34. The number of hydrogen-bond donors (Lipinski definition) is 3. The van der Waals surface area contributed by atoms with Crippen LogP contribution in [0.15, 0.2) is 35.6 Å². The summed E-state index contributed by atoms with van der Waals surface area (Å²) in [4.78, 5) is 11.6. The van der Waals surface area contributed by atoms with Crippen molar-refractivity contribution in [3.8, 4) is 0 Å². The number of ether oxygens (including phenoxy) is 1. The number of fused-ring (bicyclic) bond motifs is 1. The van der Waals surface area contributed by atoms with Gasteiger partial charge in [0, 0.05) is 12.0 Å². The molecule has 0 spiro atoms. The van der Waals surface area contributed by atoms with Crippen LogP contribution < -0.4 is 0 Å². The maximum atomic E-state index is 11.6. The summed E-state index contributed by atoms with van der Waals surface area (Å²) in [6.07, 6.45) is 6.53. The van der Waals surface area contributed by atoms with E-state index in [-0.39, 0.29) is 17.8 Å². The van der Waals surface area contributed by atoms with Crippen LogP contribution in [0.25, 0.3) is 0 Å². The lowest BCUT2D eigenvalue weighted by Crippen LogP contribution is -2.15. The van der Waals surface area contributed by atoms with E-state index in [0.29, 0.717) is 31.3 Å². The maximum absolute atomic E-state index is 11.6. The summed E-state index contributed by atoms with van der Waals surface area (Å²) in [5.74, 6) is -0.653. The molecule has 0 aromatic rings. The molecule has 1 fully saturated rings. The molecule has 0 bridgehead atoms. The summed E-state index contributed by atoms with van der Waals surface area (Å²) < 4.78 is 5.15. The highest BCUT2D eigenvalue weighted by molar-refractivity contribution is 5.82. The molecule has 2 aliphatic rings. The highest BCUT2D eigenvalue weighted by atomic mass is 16.5. The Morgan fingerprint density at radius 3 is 2.71 bits per heavy atom. The maximum Gasteiger partial charge on any atom is 0.331 e. The summed E-state index contributed by atoms with van der Waals surface area (Å²) in [6, 6.07) is 0. The van der Waals surface area contributed by atoms with Crippen LogP contribution in [0.3, 0.4) is 0 Å². The lowest BCUT2D eigenvalue weighted by atomic mass is 9.99. The average molecular weight is 294 g/mol. The number of carbonyl (C=O) groups excluding carboxylic acids is 1. The van der Waals surface area contributed by atoms with Crippen molar-refractivity contribution in [2.24, 2.45) is 5.92 Å². The Morgan fingerprint density at radius 1 is 1.19 bits per heavy atom. The van der Waals surface area contributed by atoms with Gasteiger partial charge < -0.3 is 20.1 Å². The number of carbonyl (C=O) groups is 1. The van der Waals surface area contributed by atoms with Gasteiger partial charge in [0.15, 0.2) is 0 Å². The Bertz CT molecular complexity index is 477. The molecule has 3 N–H and O–H groups in total. The van der Waals surface area contributed by atoms with Gasteiger partial charge >= 0.3 is 5.97 Å². The van der Waals surface area contributed by atoms with Crippen molar-refractivity contribution in [2.75, 3.05) is 0 Å². The molecule has 1 heterocycles. The molecular weight excluding hydrogens is 272 g/mol. The van der Waals surface area contributed by atoms with E-state index in [4.69, 9.17) is 4.74 Å². The van der Waals surface area contributed by atoms with E-state index in [1.54, 1.807) is 13.0 Å². The van der Waals surface area contributed by atoms with Crippen molar-refractivity contribution in [2.45, 2.75) is 50.9 Å². The van der Waals surface area contributed by atoms with Gasteiger partial charge in [0.25, 0.3) is 0 Å². The van der Waals surface area contributed by atoms with Crippen molar-refractivity contribution in [1.29, 1.82) is 0 Å². The quantitative estimate of drug-likeness (QED) is 0.468. The molecule has 1 aliphatic heterocycles. The van der Waals surface area contributed by atoms with Crippen LogP contribution in [-0.2, 0) is 9.53 Å². The first-order chi connectivity index (χ1) is 9.95. The zero-order chi connectivity index (χ0) is 15.4. The number of cyclic esters (lactones) is 1. The van der Waals surface area contributed by atoms with Crippen molar-refractivity contribution < 1.29 is 24.9 Å². The highest BCUT2D eigenvalue weighted by Gasteiger charge is 2.28. The number of esters is 1. The van der Waals surface area contributed by atoms with Gasteiger partial charge in [0.05, 0.1) is 18.3 Å². The topological polar surface area (TPSA) is 87.0 Å². The Kier molecular flexibility index (Phi) is 5.20. The van der Waals surface area contributed by atoms with Crippen molar-refractivity contribution in [3.05, 3.63) is 35.6 Å². The predicted octanol–water partition coefficient (Wildman–Crippen LogP) is 1.77. The van der Waals surface area contributed by atoms with Gasteiger partial charge in [-0.25, -0.2) is 4.79 Å². The normalized spacial score (nSPS) is 41.2. The average Bonchev–Trinajstić information content (AvgIpc) is 2.80. The van der Waals surface area contributed by atoms with Crippen molar-refractivity contribution in [1.82, 2.24) is 0 Å². The zero-order valence-corrected chi connectivity index (χ0v) is 12.1. The first-order valence-corrected chi connectivity index (χ1v) is 7.31. The number of aliphatic hydroxyl groups is 3. The third-order valence-corrected chi connectivity index (χ3v) is 3.89. The molecule has 21 heavy (non-hydrogen) atoms.